The minimum absolute atomic E-state index is 0.185. The molecule has 3 rings (SSSR count). The Bertz CT molecular complexity index is 725. The number of fused-ring (bicyclic) bond motifs is 1. The SMILES string of the molecule is Cc1cc(NC(=O)C(=O)NCc2ccc3c(c2)OCO3)no1. The maximum Gasteiger partial charge on any atom is 0.314 e. The van der Waals surface area contributed by atoms with E-state index in [0.29, 0.717) is 17.3 Å². The number of nitrogens with one attached hydrogen (secondary N) is 2. The van der Waals surface area contributed by atoms with E-state index in [2.05, 4.69) is 15.8 Å². The molecule has 114 valence electrons. The lowest BCUT2D eigenvalue weighted by Crippen LogP contribution is -2.35. The molecule has 8 nitrogen and oxygen atoms in total. The summed E-state index contributed by atoms with van der Waals surface area (Å²) in [7, 11) is 0. The maximum absolute atomic E-state index is 11.7. The fourth-order valence-corrected chi connectivity index (χ4v) is 1.91. The van der Waals surface area contributed by atoms with Crippen LogP contribution in [0.3, 0.4) is 0 Å². The number of hydrogen-bond donors (Lipinski definition) is 2. The van der Waals surface area contributed by atoms with Crippen LogP contribution >= 0.6 is 0 Å². The number of anilines is 1. The first kappa shape index (κ1) is 13.9. The smallest absolute Gasteiger partial charge is 0.314 e. The summed E-state index contributed by atoms with van der Waals surface area (Å²) < 4.78 is 15.2. The van der Waals surface area contributed by atoms with Gasteiger partial charge in [-0.05, 0) is 24.6 Å². The first-order valence-electron chi connectivity index (χ1n) is 6.53. The zero-order valence-corrected chi connectivity index (χ0v) is 11.7. The number of hydrogen-bond acceptors (Lipinski definition) is 6. The van der Waals surface area contributed by atoms with Crippen LogP contribution in [0, 0.1) is 6.92 Å². The number of aromatic nitrogens is 1. The molecule has 1 aromatic carbocycles. The second kappa shape index (κ2) is 5.76. The standard InChI is InChI=1S/C14H13N3O5/c1-8-4-12(17-22-8)16-14(19)13(18)15-6-9-2-3-10-11(5-9)21-7-20-10/h2-5H,6-7H2,1H3,(H,15,18)(H,16,17,19). The molecule has 0 aliphatic carbocycles. The van der Waals surface area contributed by atoms with E-state index in [9.17, 15) is 9.59 Å². The number of aryl methyl sites for hydroxylation is 1. The first-order chi connectivity index (χ1) is 10.6. The van der Waals surface area contributed by atoms with Crippen molar-refractivity contribution in [2.24, 2.45) is 0 Å². The molecule has 0 saturated heterocycles. The lowest BCUT2D eigenvalue weighted by molar-refractivity contribution is -0.136. The van der Waals surface area contributed by atoms with E-state index < -0.39 is 11.8 Å². The van der Waals surface area contributed by atoms with Crippen LogP contribution in [0.15, 0.2) is 28.8 Å². The number of carbonyl (C=O) groups is 2. The van der Waals surface area contributed by atoms with Crippen molar-refractivity contribution < 1.29 is 23.6 Å². The van der Waals surface area contributed by atoms with Gasteiger partial charge in [-0.25, -0.2) is 0 Å². The third-order valence-electron chi connectivity index (χ3n) is 2.97. The van der Waals surface area contributed by atoms with E-state index in [1.807, 2.05) is 0 Å². The van der Waals surface area contributed by atoms with Gasteiger partial charge in [-0.1, -0.05) is 11.2 Å². The zero-order chi connectivity index (χ0) is 15.5. The lowest BCUT2D eigenvalue weighted by Gasteiger charge is -2.05. The Kier molecular flexibility index (Phi) is 3.65. The Hall–Kier alpha value is -3.03. The van der Waals surface area contributed by atoms with Crippen LogP contribution in [0.1, 0.15) is 11.3 Å². The molecule has 2 heterocycles. The Morgan fingerprint density at radius 2 is 2.00 bits per heavy atom. The average molecular weight is 303 g/mol. The summed E-state index contributed by atoms with van der Waals surface area (Å²) in [5, 5.41) is 8.43. The molecule has 0 unspecified atom stereocenters. The van der Waals surface area contributed by atoms with E-state index in [1.165, 1.54) is 6.07 Å². The number of nitrogens with zero attached hydrogens (tertiary/aromatic N) is 1. The normalized spacial score (nSPS) is 12.0. The number of benzene rings is 1. The van der Waals surface area contributed by atoms with Crippen molar-refractivity contribution >= 4 is 17.6 Å². The highest BCUT2D eigenvalue weighted by Gasteiger charge is 2.17. The summed E-state index contributed by atoms with van der Waals surface area (Å²) in [5.74, 6) is 0.438. The summed E-state index contributed by atoms with van der Waals surface area (Å²) >= 11 is 0. The van der Waals surface area contributed by atoms with Gasteiger partial charge < -0.3 is 19.3 Å². The molecule has 0 saturated carbocycles. The Morgan fingerprint density at radius 1 is 1.18 bits per heavy atom. The molecule has 8 heteroatoms. The molecule has 0 atom stereocenters. The molecule has 2 amide bonds. The molecule has 0 fully saturated rings. The fourth-order valence-electron chi connectivity index (χ4n) is 1.91. The van der Waals surface area contributed by atoms with Crippen molar-refractivity contribution in [3.05, 3.63) is 35.6 Å². The van der Waals surface area contributed by atoms with Gasteiger partial charge in [0.15, 0.2) is 17.3 Å². The van der Waals surface area contributed by atoms with Gasteiger partial charge in [0, 0.05) is 12.6 Å². The first-order valence-corrected chi connectivity index (χ1v) is 6.53. The van der Waals surface area contributed by atoms with Gasteiger partial charge in [-0.2, -0.15) is 0 Å². The topological polar surface area (TPSA) is 103 Å². The predicted octanol–water partition coefficient (Wildman–Crippen LogP) is 0.967. The van der Waals surface area contributed by atoms with Crippen molar-refractivity contribution in [3.63, 3.8) is 0 Å². The minimum Gasteiger partial charge on any atom is -0.454 e. The molecule has 0 bridgehead atoms. The van der Waals surface area contributed by atoms with Gasteiger partial charge in [0.25, 0.3) is 0 Å². The van der Waals surface area contributed by atoms with Gasteiger partial charge in [-0.15, -0.1) is 0 Å². The van der Waals surface area contributed by atoms with E-state index in [1.54, 1.807) is 25.1 Å². The summed E-state index contributed by atoms with van der Waals surface area (Å²) in [4.78, 5) is 23.4. The molecule has 2 aromatic rings. The van der Waals surface area contributed by atoms with Gasteiger partial charge in [0.05, 0.1) is 0 Å². The van der Waals surface area contributed by atoms with E-state index >= 15 is 0 Å². The highest BCUT2D eigenvalue weighted by Crippen LogP contribution is 2.32. The quantitative estimate of drug-likeness (QED) is 0.819. The van der Waals surface area contributed by atoms with Crippen LogP contribution in [0.5, 0.6) is 11.5 Å². The number of ether oxygens (including phenoxy) is 2. The molecular formula is C14H13N3O5. The maximum atomic E-state index is 11.7. The van der Waals surface area contributed by atoms with Crippen molar-refractivity contribution in [1.82, 2.24) is 10.5 Å². The van der Waals surface area contributed by atoms with Gasteiger partial charge in [0.1, 0.15) is 5.76 Å². The Labute approximate surface area is 125 Å². The molecule has 1 aliphatic heterocycles. The lowest BCUT2D eigenvalue weighted by atomic mass is 10.2. The largest absolute Gasteiger partial charge is 0.454 e. The van der Waals surface area contributed by atoms with E-state index in [0.717, 1.165) is 5.56 Å². The number of rotatable bonds is 3. The highest BCUT2D eigenvalue weighted by molar-refractivity contribution is 6.39. The van der Waals surface area contributed by atoms with Crippen molar-refractivity contribution in [3.8, 4) is 11.5 Å². The fraction of sp³-hybridized carbons (Fsp3) is 0.214. The Balaban J connectivity index is 1.54. The van der Waals surface area contributed by atoms with Crippen LogP contribution < -0.4 is 20.1 Å². The molecule has 0 radical (unpaired) electrons. The monoisotopic (exact) mass is 303 g/mol. The second-order valence-electron chi connectivity index (χ2n) is 4.65. The molecule has 2 N–H and O–H groups in total. The molecule has 0 spiro atoms. The molecule has 1 aliphatic rings. The van der Waals surface area contributed by atoms with Crippen molar-refractivity contribution in [2.75, 3.05) is 12.1 Å². The van der Waals surface area contributed by atoms with Crippen LogP contribution in [-0.2, 0) is 16.1 Å². The van der Waals surface area contributed by atoms with Crippen LogP contribution in [0.4, 0.5) is 5.82 Å². The van der Waals surface area contributed by atoms with E-state index in [-0.39, 0.29) is 19.2 Å². The Morgan fingerprint density at radius 3 is 2.77 bits per heavy atom. The predicted molar refractivity (Wildman–Crippen MR) is 74.3 cm³/mol. The average Bonchev–Trinajstić information content (AvgIpc) is 3.12. The second-order valence-corrected chi connectivity index (χ2v) is 4.65. The van der Waals surface area contributed by atoms with Crippen LogP contribution in [0.2, 0.25) is 0 Å². The summed E-state index contributed by atoms with van der Waals surface area (Å²) in [5.41, 5.74) is 0.794. The van der Waals surface area contributed by atoms with Gasteiger partial charge >= 0.3 is 11.8 Å². The summed E-state index contributed by atoms with van der Waals surface area (Å²) in [6, 6.07) is 6.80. The minimum atomic E-state index is -0.811. The number of amides is 2. The van der Waals surface area contributed by atoms with E-state index in [4.69, 9.17) is 14.0 Å². The van der Waals surface area contributed by atoms with Gasteiger partial charge in [-0.3, -0.25) is 14.9 Å². The third-order valence-corrected chi connectivity index (χ3v) is 2.97. The molecule has 22 heavy (non-hydrogen) atoms. The third kappa shape index (κ3) is 3.00. The molecular weight excluding hydrogens is 290 g/mol. The zero-order valence-electron chi connectivity index (χ0n) is 11.7. The van der Waals surface area contributed by atoms with Crippen LogP contribution in [0.25, 0.3) is 0 Å². The van der Waals surface area contributed by atoms with Crippen LogP contribution in [-0.4, -0.2) is 23.8 Å². The highest BCUT2D eigenvalue weighted by atomic mass is 16.7. The van der Waals surface area contributed by atoms with Crippen molar-refractivity contribution in [2.45, 2.75) is 13.5 Å². The van der Waals surface area contributed by atoms with Gasteiger partial charge in [0.2, 0.25) is 6.79 Å². The summed E-state index contributed by atoms with van der Waals surface area (Å²) in [6.45, 7) is 2.06. The number of carbonyl (C=O) groups excluding carboxylic acids is 2. The summed E-state index contributed by atoms with van der Waals surface area (Å²) in [6.07, 6.45) is 0. The molecule has 1 aromatic heterocycles. The van der Waals surface area contributed by atoms with Crippen molar-refractivity contribution in [1.29, 1.82) is 0 Å².